The van der Waals surface area contributed by atoms with Crippen molar-refractivity contribution in [3.05, 3.63) is 47.3 Å². The van der Waals surface area contributed by atoms with E-state index in [0.717, 1.165) is 37.7 Å². The summed E-state index contributed by atoms with van der Waals surface area (Å²) in [5, 5.41) is 5.48. The van der Waals surface area contributed by atoms with Crippen LogP contribution in [0.15, 0.2) is 41.8 Å². The number of nitrogens with two attached hydrogens (primary N) is 1. The number of hydrogen-bond acceptors (Lipinski definition) is 3. The van der Waals surface area contributed by atoms with Crippen molar-refractivity contribution in [2.75, 3.05) is 0 Å². The van der Waals surface area contributed by atoms with Gasteiger partial charge in [-0.05, 0) is 79.5 Å². The van der Waals surface area contributed by atoms with Crippen molar-refractivity contribution in [3.63, 3.8) is 0 Å². The molecule has 3 N–H and O–H groups in total. The van der Waals surface area contributed by atoms with Crippen molar-refractivity contribution in [3.8, 4) is 10.4 Å². The molecule has 4 fully saturated rings. The van der Waals surface area contributed by atoms with E-state index in [-0.39, 0.29) is 29.4 Å². The van der Waals surface area contributed by atoms with Crippen molar-refractivity contribution in [1.82, 2.24) is 5.32 Å². The summed E-state index contributed by atoms with van der Waals surface area (Å²) in [5.74, 6) is 1.46. The van der Waals surface area contributed by atoms with Gasteiger partial charge in [0.2, 0.25) is 0 Å². The molecule has 1 amide bonds. The van der Waals surface area contributed by atoms with E-state index < -0.39 is 0 Å². The van der Waals surface area contributed by atoms with E-state index in [9.17, 15) is 4.79 Å². The number of thiophene rings is 1. The van der Waals surface area contributed by atoms with Gasteiger partial charge in [0.25, 0.3) is 5.91 Å². The highest BCUT2D eigenvalue weighted by Crippen LogP contribution is 2.56. The van der Waals surface area contributed by atoms with Crippen molar-refractivity contribution in [2.45, 2.75) is 49.6 Å². The summed E-state index contributed by atoms with van der Waals surface area (Å²) >= 11 is 1.72. The zero-order valence-electron chi connectivity index (χ0n) is 14.7. The Balaban J connectivity index is 0.00000168. The lowest BCUT2D eigenvalue weighted by Gasteiger charge is -2.61. The Bertz CT molecular complexity index is 788. The molecule has 138 valence electrons. The maximum Gasteiger partial charge on any atom is 0.251 e. The van der Waals surface area contributed by atoms with E-state index in [0.29, 0.717) is 11.8 Å². The fourth-order valence-electron chi connectivity index (χ4n) is 6.02. The molecule has 0 spiro atoms. The molecule has 2 unspecified atom stereocenters. The lowest BCUT2D eigenvalue weighted by Crippen LogP contribution is -2.68. The summed E-state index contributed by atoms with van der Waals surface area (Å²) in [5.41, 5.74) is 8.46. The Hall–Kier alpha value is -1.36. The first-order chi connectivity index (χ1) is 12.0. The van der Waals surface area contributed by atoms with E-state index in [1.165, 1.54) is 16.9 Å². The van der Waals surface area contributed by atoms with Gasteiger partial charge in [-0.1, -0.05) is 18.2 Å². The van der Waals surface area contributed by atoms with Crippen molar-refractivity contribution in [2.24, 2.45) is 17.6 Å². The van der Waals surface area contributed by atoms with Gasteiger partial charge in [0.1, 0.15) is 0 Å². The summed E-state index contributed by atoms with van der Waals surface area (Å²) < 4.78 is 0. The van der Waals surface area contributed by atoms with Crippen LogP contribution < -0.4 is 11.1 Å². The lowest BCUT2D eigenvalue weighted by atomic mass is 9.50. The summed E-state index contributed by atoms with van der Waals surface area (Å²) in [4.78, 5) is 14.1. The number of carbonyl (C=O) groups is 1. The van der Waals surface area contributed by atoms with Crippen LogP contribution in [0.5, 0.6) is 0 Å². The SMILES string of the molecule is Cl.NC12C[C@H]3C[C@@H](C1)CC(NC(=O)c1ccc(-c4cccs4)cc1)(C3)C2. The third-order valence-corrected chi connectivity index (χ3v) is 7.36. The molecule has 26 heavy (non-hydrogen) atoms. The van der Waals surface area contributed by atoms with Crippen LogP contribution in [0.3, 0.4) is 0 Å². The van der Waals surface area contributed by atoms with Gasteiger partial charge in [-0.25, -0.2) is 0 Å². The van der Waals surface area contributed by atoms with Crippen LogP contribution in [0.2, 0.25) is 0 Å². The third kappa shape index (κ3) is 3.08. The Kier molecular flexibility index (Phi) is 4.41. The smallest absolute Gasteiger partial charge is 0.251 e. The molecule has 0 radical (unpaired) electrons. The van der Waals surface area contributed by atoms with Gasteiger partial charge in [0, 0.05) is 21.5 Å². The zero-order chi connectivity index (χ0) is 17.1. The van der Waals surface area contributed by atoms with Crippen LogP contribution in [-0.4, -0.2) is 17.0 Å². The number of rotatable bonds is 3. The molecule has 0 saturated heterocycles. The van der Waals surface area contributed by atoms with Crippen LogP contribution in [0.25, 0.3) is 10.4 Å². The fourth-order valence-corrected chi connectivity index (χ4v) is 6.75. The molecule has 4 aliphatic rings. The normalized spacial score (nSPS) is 34.3. The van der Waals surface area contributed by atoms with Gasteiger partial charge < -0.3 is 11.1 Å². The van der Waals surface area contributed by atoms with Crippen molar-refractivity contribution >= 4 is 29.7 Å². The second-order valence-corrected chi connectivity index (χ2v) is 9.56. The second-order valence-electron chi connectivity index (χ2n) is 8.61. The molecule has 1 aromatic carbocycles. The number of amides is 1. The molecule has 4 aliphatic carbocycles. The topological polar surface area (TPSA) is 55.1 Å². The van der Waals surface area contributed by atoms with Crippen LogP contribution in [0.1, 0.15) is 48.9 Å². The van der Waals surface area contributed by atoms with E-state index in [4.69, 9.17) is 5.73 Å². The molecule has 0 aliphatic heterocycles. The summed E-state index contributed by atoms with van der Waals surface area (Å²) in [6, 6.07) is 12.1. The van der Waals surface area contributed by atoms with Crippen LogP contribution in [0.4, 0.5) is 0 Å². The van der Waals surface area contributed by atoms with E-state index in [1.54, 1.807) is 11.3 Å². The van der Waals surface area contributed by atoms with E-state index in [2.05, 4.69) is 22.8 Å². The Labute approximate surface area is 164 Å². The summed E-state index contributed by atoms with van der Waals surface area (Å²) in [6.07, 6.45) is 6.79. The van der Waals surface area contributed by atoms with Crippen LogP contribution in [-0.2, 0) is 0 Å². The first-order valence-electron chi connectivity index (χ1n) is 9.28. The highest BCUT2D eigenvalue weighted by molar-refractivity contribution is 7.13. The fraction of sp³-hybridized carbons (Fsp3) is 0.476. The molecule has 1 heterocycles. The molecule has 4 bridgehead atoms. The molecule has 6 rings (SSSR count). The van der Waals surface area contributed by atoms with Crippen molar-refractivity contribution < 1.29 is 4.79 Å². The Morgan fingerprint density at radius 2 is 1.77 bits per heavy atom. The number of hydrogen-bond donors (Lipinski definition) is 2. The van der Waals surface area contributed by atoms with E-state index >= 15 is 0 Å². The highest BCUT2D eigenvalue weighted by Gasteiger charge is 2.56. The number of nitrogens with one attached hydrogen (secondary N) is 1. The number of carbonyl (C=O) groups excluding carboxylic acids is 1. The molecular formula is C21H25ClN2OS. The molecule has 3 nitrogen and oxygen atoms in total. The number of benzene rings is 1. The second kappa shape index (κ2) is 6.36. The van der Waals surface area contributed by atoms with Gasteiger partial charge in [-0.3, -0.25) is 4.79 Å². The molecule has 2 aromatic rings. The summed E-state index contributed by atoms with van der Waals surface area (Å²) in [7, 11) is 0. The van der Waals surface area contributed by atoms with Gasteiger partial charge in [0.15, 0.2) is 0 Å². The predicted octanol–water partition coefficient (Wildman–Crippen LogP) is 4.62. The Morgan fingerprint density at radius 1 is 1.08 bits per heavy atom. The first-order valence-corrected chi connectivity index (χ1v) is 10.2. The van der Waals surface area contributed by atoms with Gasteiger partial charge in [-0.2, -0.15) is 0 Å². The standard InChI is InChI=1S/C21H24N2OS.ClH/c22-20-9-14-8-15(10-20)12-21(11-14,13-20)23-19(24)17-5-3-16(4-6-17)18-2-1-7-25-18;/h1-7,14-15H,8-13,22H2,(H,23,24);1H/t14-,15+,20?,21?;. The minimum atomic E-state index is -0.0671. The Morgan fingerprint density at radius 3 is 2.35 bits per heavy atom. The predicted molar refractivity (Wildman–Crippen MR) is 109 cm³/mol. The maximum absolute atomic E-state index is 12.9. The molecule has 5 heteroatoms. The monoisotopic (exact) mass is 388 g/mol. The van der Waals surface area contributed by atoms with Crippen molar-refractivity contribution in [1.29, 1.82) is 0 Å². The van der Waals surface area contributed by atoms with Crippen LogP contribution in [0, 0.1) is 11.8 Å². The largest absolute Gasteiger partial charge is 0.347 e. The lowest BCUT2D eigenvalue weighted by molar-refractivity contribution is -0.0320. The average molecular weight is 389 g/mol. The quantitative estimate of drug-likeness (QED) is 0.806. The van der Waals surface area contributed by atoms with Gasteiger partial charge in [-0.15, -0.1) is 23.7 Å². The molecular weight excluding hydrogens is 364 g/mol. The van der Waals surface area contributed by atoms with Gasteiger partial charge in [0.05, 0.1) is 0 Å². The minimum absolute atomic E-state index is 0. The van der Waals surface area contributed by atoms with Crippen LogP contribution >= 0.6 is 23.7 Å². The minimum Gasteiger partial charge on any atom is -0.347 e. The molecule has 1 aromatic heterocycles. The zero-order valence-corrected chi connectivity index (χ0v) is 16.4. The highest BCUT2D eigenvalue weighted by atomic mass is 35.5. The maximum atomic E-state index is 12.9. The third-order valence-electron chi connectivity index (χ3n) is 6.44. The first kappa shape index (κ1) is 18.0. The average Bonchev–Trinajstić information content (AvgIpc) is 3.06. The molecule has 4 atom stereocenters. The van der Waals surface area contributed by atoms with Gasteiger partial charge >= 0.3 is 0 Å². The summed E-state index contributed by atoms with van der Waals surface area (Å²) in [6.45, 7) is 0. The molecule has 4 saturated carbocycles. The van der Waals surface area contributed by atoms with E-state index in [1.807, 2.05) is 24.3 Å². The number of halogens is 1.